The van der Waals surface area contributed by atoms with Gasteiger partial charge in [-0.25, -0.2) is 9.89 Å². The Bertz CT molecular complexity index is 997. The van der Waals surface area contributed by atoms with Crippen molar-refractivity contribution in [1.29, 1.82) is 0 Å². The Morgan fingerprint density at radius 2 is 2.00 bits per heavy atom. The zero-order chi connectivity index (χ0) is 25.2. The molecule has 2 fully saturated rings. The molecule has 0 unspecified atom stereocenters. The second kappa shape index (κ2) is 10.6. The molecule has 9 nitrogen and oxygen atoms in total. The first kappa shape index (κ1) is 25.5. The van der Waals surface area contributed by atoms with Crippen molar-refractivity contribution in [3.8, 4) is 0 Å². The average Bonchev–Trinajstić information content (AvgIpc) is 3.26. The van der Waals surface area contributed by atoms with Crippen molar-refractivity contribution < 1.29 is 27.4 Å². The quantitative estimate of drug-likeness (QED) is 0.564. The number of carbonyl (C=O) groups excluding carboxylic acids is 1. The van der Waals surface area contributed by atoms with Crippen molar-refractivity contribution >= 4 is 29.5 Å². The molecule has 192 valence electrons. The Morgan fingerprint density at radius 3 is 2.60 bits per heavy atom. The fourth-order valence-corrected chi connectivity index (χ4v) is 4.78. The lowest BCUT2D eigenvalue weighted by atomic mass is 9.95. The van der Waals surface area contributed by atoms with Crippen LogP contribution in [0.3, 0.4) is 0 Å². The number of anilines is 2. The SMILES string of the molecule is C[C@@H](OC(=O)C(F)(F)F)[C@H]1CN(C2CCN(c3n[nH]c(N)n3)CC2)[C@@H](Cc2ccc(Cl)cc2)CO1. The van der Waals surface area contributed by atoms with Gasteiger partial charge in [-0.05, 0) is 43.9 Å². The molecule has 1 aromatic heterocycles. The van der Waals surface area contributed by atoms with Gasteiger partial charge in [-0.15, -0.1) is 5.10 Å². The van der Waals surface area contributed by atoms with Crippen LogP contribution in [0.25, 0.3) is 0 Å². The van der Waals surface area contributed by atoms with Crippen LogP contribution in [-0.2, 0) is 20.7 Å². The Morgan fingerprint density at radius 1 is 1.31 bits per heavy atom. The molecule has 3 heterocycles. The maximum Gasteiger partial charge on any atom is 0.490 e. The zero-order valence-electron chi connectivity index (χ0n) is 19.2. The van der Waals surface area contributed by atoms with E-state index in [1.54, 1.807) is 0 Å². The monoisotopic (exact) mass is 516 g/mol. The molecule has 0 saturated carbocycles. The summed E-state index contributed by atoms with van der Waals surface area (Å²) in [6, 6.07) is 7.74. The molecule has 4 rings (SSSR count). The highest BCUT2D eigenvalue weighted by Gasteiger charge is 2.44. The molecule has 0 radical (unpaired) electrons. The van der Waals surface area contributed by atoms with Gasteiger partial charge in [0.15, 0.2) is 0 Å². The first-order valence-electron chi connectivity index (χ1n) is 11.4. The van der Waals surface area contributed by atoms with Crippen LogP contribution in [0.15, 0.2) is 24.3 Å². The highest BCUT2D eigenvalue weighted by atomic mass is 35.5. The lowest BCUT2D eigenvalue weighted by molar-refractivity contribution is -0.213. The molecule has 2 aliphatic rings. The maximum atomic E-state index is 12.7. The number of alkyl halides is 3. The smallest absolute Gasteiger partial charge is 0.453 e. The van der Waals surface area contributed by atoms with Crippen molar-refractivity contribution in [2.45, 2.75) is 56.7 Å². The van der Waals surface area contributed by atoms with Gasteiger partial charge in [0.25, 0.3) is 0 Å². The minimum absolute atomic E-state index is 0.00801. The van der Waals surface area contributed by atoms with Gasteiger partial charge < -0.3 is 20.1 Å². The number of nitrogens with one attached hydrogen (secondary N) is 1. The molecule has 2 aromatic rings. The van der Waals surface area contributed by atoms with Gasteiger partial charge in [0.2, 0.25) is 11.9 Å². The molecule has 3 N–H and O–H groups in total. The lowest BCUT2D eigenvalue weighted by Crippen LogP contribution is -2.59. The fourth-order valence-electron chi connectivity index (χ4n) is 4.66. The van der Waals surface area contributed by atoms with Crippen LogP contribution in [0.5, 0.6) is 0 Å². The summed E-state index contributed by atoms with van der Waals surface area (Å²) in [6.07, 6.45) is -4.47. The predicted molar refractivity (Wildman–Crippen MR) is 123 cm³/mol. The molecule has 0 aliphatic carbocycles. The summed E-state index contributed by atoms with van der Waals surface area (Å²) >= 11 is 6.02. The van der Waals surface area contributed by atoms with Crippen LogP contribution >= 0.6 is 11.6 Å². The Kier molecular flexibility index (Phi) is 7.72. The highest BCUT2D eigenvalue weighted by molar-refractivity contribution is 6.30. The molecule has 2 saturated heterocycles. The first-order valence-corrected chi connectivity index (χ1v) is 11.8. The van der Waals surface area contributed by atoms with Gasteiger partial charge in [0.1, 0.15) is 12.2 Å². The summed E-state index contributed by atoms with van der Waals surface area (Å²) in [5.74, 6) is -1.41. The van der Waals surface area contributed by atoms with Crippen molar-refractivity contribution in [1.82, 2.24) is 20.1 Å². The van der Waals surface area contributed by atoms with E-state index in [-0.39, 0.29) is 18.0 Å². The predicted octanol–water partition coefficient (Wildman–Crippen LogP) is 2.82. The van der Waals surface area contributed by atoms with Crippen molar-refractivity contribution in [2.75, 3.05) is 36.9 Å². The fraction of sp³-hybridized carbons (Fsp3) is 0.591. The van der Waals surface area contributed by atoms with E-state index in [9.17, 15) is 18.0 Å². The van der Waals surface area contributed by atoms with Crippen molar-refractivity contribution in [3.05, 3.63) is 34.9 Å². The van der Waals surface area contributed by atoms with E-state index >= 15 is 0 Å². The highest BCUT2D eigenvalue weighted by Crippen LogP contribution is 2.28. The number of esters is 1. The number of ether oxygens (including phenoxy) is 2. The number of nitrogens with two attached hydrogens (primary N) is 1. The van der Waals surface area contributed by atoms with Crippen molar-refractivity contribution in [3.63, 3.8) is 0 Å². The van der Waals surface area contributed by atoms with E-state index in [0.717, 1.165) is 18.4 Å². The van der Waals surface area contributed by atoms with Crippen LogP contribution < -0.4 is 10.6 Å². The minimum atomic E-state index is -5.05. The summed E-state index contributed by atoms with van der Waals surface area (Å²) in [7, 11) is 0. The van der Waals surface area contributed by atoms with E-state index < -0.39 is 24.4 Å². The molecular weight excluding hydrogens is 489 g/mol. The number of hydrogen-bond donors (Lipinski definition) is 2. The van der Waals surface area contributed by atoms with Crippen LogP contribution in [0.1, 0.15) is 25.3 Å². The third kappa shape index (κ3) is 6.36. The second-order valence-electron chi connectivity index (χ2n) is 8.90. The topological polar surface area (TPSA) is 110 Å². The van der Waals surface area contributed by atoms with Gasteiger partial charge in [0, 0.05) is 36.7 Å². The number of aromatic amines is 1. The van der Waals surface area contributed by atoms with E-state index in [1.165, 1.54) is 6.92 Å². The molecule has 3 atom stereocenters. The van der Waals surface area contributed by atoms with Gasteiger partial charge >= 0.3 is 12.1 Å². The average molecular weight is 517 g/mol. The Labute approximate surface area is 205 Å². The van der Waals surface area contributed by atoms with E-state index in [4.69, 9.17) is 22.1 Å². The normalized spacial score (nSPS) is 23.3. The number of piperidine rings is 1. The number of hydrogen-bond acceptors (Lipinski definition) is 8. The number of carbonyl (C=O) groups is 1. The number of morpholine rings is 1. The number of aromatic nitrogens is 3. The summed E-state index contributed by atoms with van der Waals surface area (Å²) in [5, 5.41) is 7.40. The molecule has 0 spiro atoms. The third-order valence-electron chi connectivity index (χ3n) is 6.50. The van der Waals surface area contributed by atoms with E-state index in [0.29, 0.717) is 43.6 Å². The number of halogens is 4. The standard InChI is InChI=1S/C22H28ClF3N6O3/c1-13(35-19(33)22(24,25)26)18-11-32(17(12-34-18)10-14-2-4-15(23)5-3-14)16-6-8-31(9-7-16)21-28-20(27)29-30-21/h2-5,13,16-18H,6-12H2,1H3,(H3,27,28,29,30)/t13-,17+,18-/m1/s1. The summed E-state index contributed by atoms with van der Waals surface area (Å²) in [6.45, 7) is 3.50. The van der Waals surface area contributed by atoms with Gasteiger partial charge in [-0.1, -0.05) is 23.7 Å². The first-order chi connectivity index (χ1) is 16.6. The van der Waals surface area contributed by atoms with Crippen molar-refractivity contribution in [2.24, 2.45) is 0 Å². The Hall–Kier alpha value is -2.57. The lowest BCUT2D eigenvalue weighted by Gasteiger charge is -2.47. The number of nitrogen functional groups attached to an aromatic ring is 1. The van der Waals surface area contributed by atoms with E-state index in [2.05, 4.69) is 24.8 Å². The summed E-state index contributed by atoms with van der Waals surface area (Å²) < 4.78 is 48.7. The number of nitrogens with zero attached hydrogens (tertiary/aromatic N) is 4. The molecular formula is C22H28ClF3N6O3. The third-order valence-corrected chi connectivity index (χ3v) is 6.75. The number of rotatable bonds is 6. The second-order valence-corrected chi connectivity index (χ2v) is 9.34. The maximum absolute atomic E-state index is 12.7. The summed E-state index contributed by atoms with van der Waals surface area (Å²) in [5.41, 5.74) is 6.72. The largest absolute Gasteiger partial charge is 0.490 e. The molecule has 13 heteroatoms. The number of H-pyrrole nitrogens is 1. The molecule has 35 heavy (non-hydrogen) atoms. The van der Waals surface area contributed by atoms with Gasteiger partial charge in [0.05, 0.1) is 6.61 Å². The number of benzene rings is 1. The minimum Gasteiger partial charge on any atom is -0.453 e. The Balaban J connectivity index is 1.45. The summed E-state index contributed by atoms with van der Waals surface area (Å²) in [4.78, 5) is 19.9. The van der Waals surface area contributed by atoms with Gasteiger partial charge in [-0.2, -0.15) is 18.2 Å². The molecule has 1 aromatic carbocycles. The molecule has 2 aliphatic heterocycles. The van der Waals surface area contributed by atoms with Crippen LogP contribution in [-0.4, -0.2) is 82.8 Å². The van der Waals surface area contributed by atoms with E-state index in [1.807, 2.05) is 29.2 Å². The molecule has 0 amide bonds. The molecule has 0 bridgehead atoms. The zero-order valence-corrected chi connectivity index (χ0v) is 19.9. The van der Waals surface area contributed by atoms with Gasteiger partial charge in [-0.3, -0.25) is 4.90 Å². The van der Waals surface area contributed by atoms with Crippen LogP contribution in [0, 0.1) is 0 Å². The van der Waals surface area contributed by atoms with Crippen LogP contribution in [0.4, 0.5) is 25.1 Å². The van der Waals surface area contributed by atoms with Crippen LogP contribution in [0.2, 0.25) is 5.02 Å².